The van der Waals surface area contributed by atoms with E-state index in [0.717, 1.165) is 17.2 Å². The zero-order valence-corrected chi connectivity index (χ0v) is 15.8. The number of hydroxylamine groups is 2. The molecule has 0 bridgehead atoms. The molecule has 2 rings (SSSR count). The Hall–Kier alpha value is -1.89. The zero-order chi connectivity index (χ0) is 18.3. The molecule has 0 aromatic heterocycles. The molecule has 0 spiro atoms. The van der Waals surface area contributed by atoms with Gasteiger partial charge in [0.2, 0.25) is 0 Å². The minimum Gasteiger partial charge on any atom is -0.457 e. The molecule has 0 fully saturated rings. The normalized spacial score (nSPS) is 11.7. The Bertz CT molecular complexity index is 753. The van der Waals surface area contributed by atoms with Gasteiger partial charge in [0.25, 0.3) is 0 Å². The second kappa shape index (κ2) is 8.99. The van der Waals surface area contributed by atoms with E-state index in [1.165, 1.54) is 51.1 Å². The van der Waals surface area contributed by atoms with Crippen molar-refractivity contribution >= 4 is 10.1 Å². The third-order valence-corrected chi connectivity index (χ3v) is 4.93. The van der Waals surface area contributed by atoms with E-state index in [9.17, 15) is 8.42 Å². The lowest BCUT2D eigenvalue weighted by molar-refractivity contribution is 0.00514. The van der Waals surface area contributed by atoms with Crippen molar-refractivity contribution in [3.8, 4) is 11.5 Å². The minimum atomic E-state index is -3.80. The number of aryl methyl sites for hydroxylation is 1. The van der Waals surface area contributed by atoms with Gasteiger partial charge in [-0.2, -0.15) is 17.8 Å². The molecule has 0 saturated heterocycles. The average Bonchev–Trinajstić information content (AvgIpc) is 2.56. The summed E-state index contributed by atoms with van der Waals surface area (Å²) < 4.78 is 34.5. The van der Waals surface area contributed by atoms with E-state index in [2.05, 4.69) is 19.1 Å². The number of nitrogens with zero attached hydrogens (tertiary/aromatic N) is 1. The molecule has 0 saturated carbocycles. The number of rotatable bonds is 9. The van der Waals surface area contributed by atoms with Crippen molar-refractivity contribution in [1.29, 1.82) is 0 Å². The van der Waals surface area contributed by atoms with Crippen LogP contribution >= 0.6 is 0 Å². The first-order valence-electron chi connectivity index (χ1n) is 8.39. The van der Waals surface area contributed by atoms with Crippen LogP contribution in [-0.4, -0.2) is 27.6 Å². The van der Waals surface area contributed by atoms with Gasteiger partial charge in [-0.25, -0.2) is 0 Å². The third kappa shape index (κ3) is 6.16. The molecule has 2 aromatic carbocycles. The third-order valence-electron chi connectivity index (χ3n) is 3.59. The van der Waals surface area contributed by atoms with E-state index in [1.54, 1.807) is 12.1 Å². The summed E-state index contributed by atoms with van der Waals surface area (Å²) in [6, 6.07) is 14.1. The summed E-state index contributed by atoms with van der Waals surface area (Å²) in [5.74, 6) is 1.29. The van der Waals surface area contributed by atoms with Gasteiger partial charge in [0, 0.05) is 14.1 Å². The maximum Gasteiger partial charge on any atom is 0.313 e. The van der Waals surface area contributed by atoms with E-state index >= 15 is 0 Å². The van der Waals surface area contributed by atoms with Crippen molar-refractivity contribution in [3.63, 3.8) is 0 Å². The van der Waals surface area contributed by atoms with Gasteiger partial charge in [-0.15, -0.1) is 0 Å². The minimum absolute atomic E-state index is 0.0832. The van der Waals surface area contributed by atoms with Gasteiger partial charge in [-0.05, 0) is 54.8 Å². The van der Waals surface area contributed by atoms with Crippen LogP contribution in [0.2, 0.25) is 0 Å². The zero-order valence-electron chi connectivity index (χ0n) is 14.9. The van der Waals surface area contributed by atoms with Crippen LogP contribution in [0.25, 0.3) is 0 Å². The van der Waals surface area contributed by atoms with Crippen LogP contribution in [0.4, 0.5) is 0 Å². The summed E-state index contributed by atoms with van der Waals surface area (Å²) in [5.41, 5.74) is 1.29. The van der Waals surface area contributed by atoms with Crippen LogP contribution in [0.15, 0.2) is 53.4 Å². The monoisotopic (exact) mass is 363 g/mol. The molecule has 0 aliphatic rings. The van der Waals surface area contributed by atoms with Crippen molar-refractivity contribution in [2.24, 2.45) is 0 Å². The Labute approximate surface area is 150 Å². The van der Waals surface area contributed by atoms with Crippen LogP contribution in [0, 0.1) is 0 Å². The molecule has 136 valence electrons. The molecule has 0 aliphatic heterocycles. The number of benzene rings is 2. The van der Waals surface area contributed by atoms with E-state index in [1.807, 2.05) is 12.1 Å². The highest BCUT2D eigenvalue weighted by molar-refractivity contribution is 7.86. The summed E-state index contributed by atoms with van der Waals surface area (Å²) >= 11 is 0. The maximum atomic E-state index is 12.0. The standard InChI is InChI=1S/C19H25NO4S/c1-4-5-6-7-16-8-10-17(11-9-16)23-18-12-14-19(15-13-18)25(21,22)24-20(2)3/h8-15H,4-7H2,1-3H3. The molecule has 0 radical (unpaired) electrons. The Balaban J connectivity index is 1.99. The molecule has 0 heterocycles. The van der Waals surface area contributed by atoms with Crippen LogP contribution in [-0.2, 0) is 20.8 Å². The summed E-state index contributed by atoms with van der Waals surface area (Å²) in [4.78, 5) is 0.0832. The van der Waals surface area contributed by atoms with Crippen molar-refractivity contribution in [2.45, 2.75) is 37.5 Å². The molecule has 0 N–H and O–H groups in total. The van der Waals surface area contributed by atoms with Crippen molar-refractivity contribution in [2.75, 3.05) is 14.1 Å². The molecule has 25 heavy (non-hydrogen) atoms. The van der Waals surface area contributed by atoms with Crippen molar-refractivity contribution < 1.29 is 17.4 Å². The van der Waals surface area contributed by atoms with Gasteiger partial charge in [-0.3, -0.25) is 0 Å². The Kier molecular flexibility index (Phi) is 6.99. The predicted octanol–water partition coefficient (Wildman–Crippen LogP) is 4.39. The lowest BCUT2D eigenvalue weighted by Gasteiger charge is -2.11. The van der Waals surface area contributed by atoms with Gasteiger partial charge in [0.15, 0.2) is 0 Å². The van der Waals surface area contributed by atoms with Crippen LogP contribution in [0.3, 0.4) is 0 Å². The summed E-state index contributed by atoms with van der Waals surface area (Å²) in [6.07, 6.45) is 4.73. The number of hydrogen-bond acceptors (Lipinski definition) is 5. The van der Waals surface area contributed by atoms with Gasteiger partial charge in [0.05, 0.1) is 4.90 Å². The van der Waals surface area contributed by atoms with Crippen LogP contribution < -0.4 is 4.74 Å². The first kappa shape index (κ1) is 19.4. The Morgan fingerprint density at radius 3 is 1.96 bits per heavy atom. The summed E-state index contributed by atoms with van der Waals surface area (Å²) in [6.45, 7) is 2.19. The van der Waals surface area contributed by atoms with E-state index < -0.39 is 10.1 Å². The smallest absolute Gasteiger partial charge is 0.313 e. The fraction of sp³-hybridized carbons (Fsp3) is 0.368. The molecule has 0 atom stereocenters. The molecule has 6 heteroatoms. The molecular weight excluding hydrogens is 338 g/mol. The average molecular weight is 363 g/mol. The fourth-order valence-electron chi connectivity index (χ4n) is 2.35. The van der Waals surface area contributed by atoms with Gasteiger partial charge >= 0.3 is 10.1 Å². The highest BCUT2D eigenvalue weighted by Gasteiger charge is 2.16. The molecular formula is C19H25NO4S. The van der Waals surface area contributed by atoms with Crippen LogP contribution in [0.1, 0.15) is 31.7 Å². The second-order valence-electron chi connectivity index (χ2n) is 6.02. The van der Waals surface area contributed by atoms with E-state index in [4.69, 9.17) is 9.02 Å². The lowest BCUT2D eigenvalue weighted by atomic mass is 10.1. The molecule has 0 amide bonds. The SMILES string of the molecule is CCCCCc1ccc(Oc2ccc(S(=O)(=O)ON(C)C)cc2)cc1. The van der Waals surface area contributed by atoms with E-state index in [-0.39, 0.29) is 4.90 Å². The number of hydrogen-bond donors (Lipinski definition) is 0. The molecule has 2 aromatic rings. The molecule has 5 nitrogen and oxygen atoms in total. The maximum absolute atomic E-state index is 12.0. The highest BCUT2D eigenvalue weighted by atomic mass is 32.2. The van der Waals surface area contributed by atoms with Crippen molar-refractivity contribution in [1.82, 2.24) is 5.06 Å². The van der Waals surface area contributed by atoms with Gasteiger partial charge < -0.3 is 4.74 Å². The first-order valence-corrected chi connectivity index (χ1v) is 9.80. The number of unbranched alkanes of at least 4 members (excludes halogenated alkanes) is 2. The largest absolute Gasteiger partial charge is 0.457 e. The topological polar surface area (TPSA) is 55.8 Å². The number of ether oxygens (including phenoxy) is 1. The first-order chi connectivity index (χ1) is 11.9. The molecule has 0 aliphatic carbocycles. The van der Waals surface area contributed by atoms with Gasteiger partial charge in [-0.1, -0.05) is 31.9 Å². The Morgan fingerprint density at radius 1 is 0.880 bits per heavy atom. The predicted molar refractivity (Wildman–Crippen MR) is 98.1 cm³/mol. The van der Waals surface area contributed by atoms with Crippen molar-refractivity contribution in [3.05, 3.63) is 54.1 Å². The summed E-state index contributed by atoms with van der Waals surface area (Å²) in [7, 11) is -0.766. The molecule has 0 unspecified atom stereocenters. The second-order valence-corrected chi connectivity index (χ2v) is 7.54. The summed E-state index contributed by atoms with van der Waals surface area (Å²) in [5, 5.41) is 1.14. The van der Waals surface area contributed by atoms with E-state index in [0.29, 0.717) is 5.75 Å². The quantitative estimate of drug-likeness (QED) is 0.488. The fourth-order valence-corrected chi connectivity index (χ4v) is 3.30. The lowest BCUT2D eigenvalue weighted by Crippen LogP contribution is -2.18. The van der Waals surface area contributed by atoms with Crippen LogP contribution in [0.5, 0.6) is 11.5 Å². The highest BCUT2D eigenvalue weighted by Crippen LogP contribution is 2.24. The van der Waals surface area contributed by atoms with Gasteiger partial charge in [0.1, 0.15) is 11.5 Å². The Morgan fingerprint density at radius 2 is 1.44 bits per heavy atom.